The Morgan fingerprint density at radius 2 is 1.58 bits per heavy atom. The lowest BCUT2D eigenvalue weighted by Gasteiger charge is -2.11. The molecule has 19 heavy (non-hydrogen) atoms. The van der Waals surface area contributed by atoms with Crippen molar-refractivity contribution in [2.75, 3.05) is 0 Å². The first-order valence-electron chi connectivity index (χ1n) is 5.39. The summed E-state index contributed by atoms with van der Waals surface area (Å²) in [5.41, 5.74) is 3.73. The van der Waals surface area contributed by atoms with Crippen molar-refractivity contribution in [2.45, 2.75) is 6.42 Å². The Labute approximate surface area is 111 Å². The number of benzene rings is 1. The van der Waals surface area contributed by atoms with Crippen LogP contribution < -0.4 is 0 Å². The van der Waals surface area contributed by atoms with Crippen molar-refractivity contribution in [1.82, 2.24) is 0 Å². The SMILES string of the molecule is C=C1CC=CC=C1c1ccccc1.N=C=O.N=C=O. The molecule has 4 nitrogen and oxygen atoms in total. The Morgan fingerprint density at radius 3 is 2.05 bits per heavy atom. The van der Waals surface area contributed by atoms with Gasteiger partial charge in [0.1, 0.15) is 0 Å². The smallest absolute Gasteiger partial charge is 0.222 e. The topological polar surface area (TPSA) is 81.8 Å². The first-order valence-corrected chi connectivity index (χ1v) is 5.39. The highest BCUT2D eigenvalue weighted by atomic mass is 16.1. The van der Waals surface area contributed by atoms with Crippen LogP contribution in [0.2, 0.25) is 0 Å². The van der Waals surface area contributed by atoms with Gasteiger partial charge in [0.05, 0.1) is 0 Å². The van der Waals surface area contributed by atoms with Crippen molar-refractivity contribution in [3.63, 3.8) is 0 Å². The zero-order valence-corrected chi connectivity index (χ0v) is 10.3. The second-order valence-corrected chi connectivity index (χ2v) is 3.39. The third-order valence-electron chi connectivity index (χ3n) is 2.23. The van der Waals surface area contributed by atoms with Gasteiger partial charge in [0, 0.05) is 0 Å². The molecule has 96 valence electrons. The second kappa shape index (κ2) is 10.4. The van der Waals surface area contributed by atoms with Crippen LogP contribution in [0.4, 0.5) is 0 Å². The molecule has 0 spiro atoms. The fourth-order valence-corrected chi connectivity index (χ4v) is 1.52. The molecule has 0 saturated carbocycles. The van der Waals surface area contributed by atoms with E-state index in [0.29, 0.717) is 0 Å². The summed E-state index contributed by atoms with van der Waals surface area (Å²) in [6, 6.07) is 10.4. The van der Waals surface area contributed by atoms with E-state index in [0.717, 1.165) is 18.6 Å². The lowest BCUT2D eigenvalue weighted by atomic mass is 9.93. The summed E-state index contributed by atoms with van der Waals surface area (Å²) in [4.78, 5) is 16.7. The maximum Gasteiger partial charge on any atom is 0.231 e. The van der Waals surface area contributed by atoms with Gasteiger partial charge in [0.2, 0.25) is 12.2 Å². The van der Waals surface area contributed by atoms with E-state index < -0.39 is 0 Å². The monoisotopic (exact) mass is 254 g/mol. The Balaban J connectivity index is 0.000000465. The molecule has 0 aliphatic heterocycles. The van der Waals surface area contributed by atoms with E-state index in [4.69, 9.17) is 20.4 Å². The Bertz CT molecular complexity index is 519. The largest absolute Gasteiger partial charge is 0.231 e. The molecular formula is C15H14N2O2. The normalized spacial score (nSPS) is 11.6. The minimum Gasteiger partial charge on any atom is -0.222 e. The third kappa shape index (κ3) is 6.49. The molecular weight excluding hydrogens is 240 g/mol. The molecule has 0 atom stereocenters. The van der Waals surface area contributed by atoms with Gasteiger partial charge in [-0.3, -0.25) is 0 Å². The number of carbonyl (C=O) groups excluding carboxylic acids is 2. The van der Waals surface area contributed by atoms with Gasteiger partial charge in [-0.05, 0) is 23.1 Å². The van der Waals surface area contributed by atoms with Crippen molar-refractivity contribution >= 4 is 17.7 Å². The maximum absolute atomic E-state index is 8.35. The number of allylic oxidation sites excluding steroid dienone is 5. The van der Waals surface area contributed by atoms with Gasteiger partial charge < -0.3 is 0 Å². The van der Waals surface area contributed by atoms with E-state index in [1.807, 2.05) is 6.07 Å². The lowest BCUT2D eigenvalue weighted by molar-refractivity contribution is 0.562. The van der Waals surface area contributed by atoms with Gasteiger partial charge in [-0.25, -0.2) is 20.4 Å². The number of isocyanates is 2. The fourth-order valence-electron chi connectivity index (χ4n) is 1.52. The minimum absolute atomic E-state index is 0.750. The molecule has 0 unspecified atom stereocenters. The Morgan fingerprint density at radius 1 is 1.05 bits per heavy atom. The molecule has 2 N–H and O–H groups in total. The summed E-state index contributed by atoms with van der Waals surface area (Å²) >= 11 is 0. The number of nitrogens with one attached hydrogen (secondary N) is 2. The molecule has 1 aliphatic carbocycles. The first-order chi connectivity index (χ1) is 9.21. The predicted octanol–water partition coefficient (Wildman–Crippen LogP) is 3.39. The number of hydrogen-bond acceptors (Lipinski definition) is 4. The van der Waals surface area contributed by atoms with Crippen LogP contribution in [-0.4, -0.2) is 12.2 Å². The molecule has 1 aliphatic rings. The van der Waals surface area contributed by atoms with E-state index >= 15 is 0 Å². The molecule has 0 fully saturated rings. The molecule has 0 saturated heterocycles. The average molecular weight is 254 g/mol. The fraction of sp³-hybridized carbons (Fsp3) is 0.0667. The van der Waals surface area contributed by atoms with E-state index in [1.54, 1.807) is 0 Å². The third-order valence-corrected chi connectivity index (χ3v) is 2.23. The van der Waals surface area contributed by atoms with Crippen molar-refractivity contribution in [1.29, 1.82) is 10.8 Å². The van der Waals surface area contributed by atoms with Crippen LogP contribution >= 0.6 is 0 Å². The van der Waals surface area contributed by atoms with Crippen molar-refractivity contribution in [3.05, 3.63) is 66.3 Å². The predicted molar refractivity (Wildman–Crippen MR) is 74.1 cm³/mol. The zero-order valence-electron chi connectivity index (χ0n) is 10.3. The maximum atomic E-state index is 8.35. The van der Waals surface area contributed by atoms with Crippen LogP contribution in [0.15, 0.2) is 60.7 Å². The minimum atomic E-state index is 0.750. The summed E-state index contributed by atoms with van der Waals surface area (Å²) in [6.07, 6.45) is 8.83. The summed E-state index contributed by atoms with van der Waals surface area (Å²) in [7, 11) is 0. The molecule has 1 aromatic carbocycles. The van der Waals surface area contributed by atoms with Crippen LogP contribution in [0.3, 0.4) is 0 Å². The first kappa shape index (κ1) is 16.2. The lowest BCUT2D eigenvalue weighted by Crippen LogP contribution is -1.90. The average Bonchev–Trinajstić information content (AvgIpc) is 2.42. The van der Waals surface area contributed by atoms with Gasteiger partial charge in [-0.2, -0.15) is 0 Å². The highest BCUT2D eigenvalue weighted by Crippen LogP contribution is 2.26. The van der Waals surface area contributed by atoms with Crippen molar-refractivity contribution in [3.8, 4) is 0 Å². The van der Waals surface area contributed by atoms with Gasteiger partial charge in [-0.15, -0.1) is 0 Å². The van der Waals surface area contributed by atoms with E-state index in [9.17, 15) is 0 Å². The molecule has 0 bridgehead atoms. The molecule has 0 radical (unpaired) electrons. The van der Waals surface area contributed by atoms with Crippen molar-refractivity contribution < 1.29 is 9.59 Å². The van der Waals surface area contributed by atoms with Gasteiger partial charge >= 0.3 is 0 Å². The molecule has 0 heterocycles. The van der Waals surface area contributed by atoms with Crippen LogP contribution in [0, 0.1) is 10.8 Å². The van der Waals surface area contributed by atoms with Gasteiger partial charge in [0.15, 0.2) is 0 Å². The van der Waals surface area contributed by atoms with Crippen LogP contribution in [0.25, 0.3) is 5.57 Å². The Hall–Kier alpha value is -2.80. The summed E-state index contributed by atoms with van der Waals surface area (Å²) in [6.45, 7) is 4.05. The second-order valence-electron chi connectivity index (χ2n) is 3.39. The van der Waals surface area contributed by atoms with Gasteiger partial charge in [0.25, 0.3) is 0 Å². The van der Waals surface area contributed by atoms with Crippen LogP contribution in [0.5, 0.6) is 0 Å². The van der Waals surface area contributed by atoms with E-state index in [-0.39, 0.29) is 0 Å². The number of rotatable bonds is 1. The highest BCUT2D eigenvalue weighted by molar-refractivity contribution is 5.80. The standard InChI is InChI=1S/C13H12.2CHNO/c1-11-7-5-6-10-13(11)12-8-3-2-4-9-12;2*2-1-3/h2-6,8-10H,1,7H2;2*2H. The molecule has 2 rings (SSSR count). The molecule has 4 heteroatoms. The zero-order chi connectivity index (χ0) is 14.5. The molecule has 0 amide bonds. The Kier molecular flexibility index (Phi) is 8.83. The summed E-state index contributed by atoms with van der Waals surface area (Å²) in [5.74, 6) is 0. The van der Waals surface area contributed by atoms with E-state index in [2.05, 4.69) is 49.1 Å². The van der Waals surface area contributed by atoms with Crippen LogP contribution in [0.1, 0.15) is 12.0 Å². The highest BCUT2D eigenvalue weighted by Gasteiger charge is 2.05. The summed E-state index contributed by atoms with van der Waals surface area (Å²) in [5, 5.41) is 10.8. The molecule has 1 aromatic rings. The number of hydrogen-bond donors (Lipinski definition) is 2. The van der Waals surface area contributed by atoms with Crippen molar-refractivity contribution in [2.24, 2.45) is 0 Å². The molecule has 0 aromatic heterocycles. The summed E-state index contributed by atoms with van der Waals surface area (Å²) < 4.78 is 0. The van der Waals surface area contributed by atoms with Gasteiger partial charge in [-0.1, -0.05) is 55.1 Å². The van der Waals surface area contributed by atoms with Crippen LogP contribution in [-0.2, 0) is 9.59 Å². The quantitative estimate of drug-likeness (QED) is 0.595. The van der Waals surface area contributed by atoms with E-state index in [1.165, 1.54) is 16.7 Å².